The van der Waals surface area contributed by atoms with Gasteiger partial charge in [-0.25, -0.2) is 9.59 Å². The Bertz CT molecular complexity index is 615. The van der Waals surface area contributed by atoms with Crippen LogP contribution in [0.2, 0.25) is 0 Å². The lowest BCUT2D eigenvalue weighted by Gasteiger charge is -2.37. The van der Waals surface area contributed by atoms with E-state index in [1.54, 1.807) is 4.90 Å². The molecule has 7 heteroatoms. The first kappa shape index (κ1) is 23.3. The molecule has 1 amide bonds. The molecular weight excluding hydrogens is 386 g/mol. The van der Waals surface area contributed by atoms with Crippen LogP contribution < -0.4 is 0 Å². The van der Waals surface area contributed by atoms with Crippen LogP contribution in [0.5, 0.6) is 0 Å². The van der Waals surface area contributed by atoms with Gasteiger partial charge in [0.15, 0.2) is 0 Å². The molecule has 6 atom stereocenters. The average molecular weight is 426 g/mol. The van der Waals surface area contributed by atoms with Crippen LogP contribution in [0, 0.1) is 23.7 Å². The quantitative estimate of drug-likeness (QED) is 0.478. The molecule has 3 fully saturated rings. The number of rotatable bonds is 6. The molecule has 0 aromatic rings. The highest BCUT2D eigenvalue weighted by Gasteiger charge is 2.51. The minimum absolute atomic E-state index is 0.0155. The van der Waals surface area contributed by atoms with Crippen molar-refractivity contribution < 1.29 is 28.5 Å². The fraction of sp³-hybridized carbons (Fsp3) is 0.913. The highest BCUT2D eigenvalue weighted by molar-refractivity contribution is 5.71. The minimum atomic E-state index is -0.540. The normalized spacial score (nSPS) is 33.8. The number of fused-ring (bicyclic) bond motifs is 1. The first-order valence-corrected chi connectivity index (χ1v) is 11.4. The second-order valence-corrected chi connectivity index (χ2v) is 10.6. The van der Waals surface area contributed by atoms with Crippen molar-refractivity contribution in [3.05, 3.63) is 0 Å². The number of epoxide rings is 1. The van der Waals surface area contributed by atoms with Crippen LogP contribution in [0.15, 0.2) is 0 Å². The third-order valence-electron chi connectivity index (χ3n) is 6.43. The number of hydrogen-bond donors (Lipinski definition) is 0. The summed E-state index contributed by atoms with van der Waals surface area (Å²) in [6.45, 7) is 13.5. The molecule has 2 aliphatic heterocycles. The van der Waals surface area contributed by atoms with E-state index in [4.69, 9.17) is 18.9 Å². The van der Waals surface area contributed by atoms with Crippen LogP contribution in [0.4, 0.5) is 4.79 Å². The zero-order chi connectivity index (χ0) is 22.1. The van der Waals surface area contributed by atoms with Gasteiger partial charge in [0.25, 0.3) is 0 Å². The molecule has 3 unspecified atom stereocenters. The number of ether oxygens (including phenoxy) is 4. The standard InChI is InChI=1S/C23H39NO6/c1-14(2)17-8-7-15(3)9-18(17)27-13-20(25)28-12-16-10-24(11-19-21(16)29-19)22(26)30-23(4,5)6/h14-19,21H,7-13H2,1-6H3/t15-,16?,17+,18-,19?,21?/m1/s1. The van der Waals surface area contributed by atoms with Crippen molar-refractivity contribution in [1.29, 1.82) is 0 Å². The van der Waals surface area contributed by atoms with Gasteiger partial charge in [0.1, 0.15) is 18.3 Å². The monoisotopic (exact) mass is 425 g/mol. The van der Waals surface area contributed by atoms with Gasteiger partial charge >= 0.3 is 12.1 Å². The maximum atomic E-state index is 12.4. The molecule has 0 N–H and O–H groups in total. The molecule has 0 aromatic heterocycles. The molecule has 2 saturated heterocycles. The second-order valence-electron chi connectivity index (χ2n) is 10.6. The molecule has 2 heterocycles. The molecule has 1 saturated carbocycles. The van der Waals surface area contributed by atoms with Crippen molar-refractivity contribution in [3.63, 3.8) is 0 Å². The third kappa shape index (κ3) is 6.33. The molecule has 0 radical (unpaired) electrons. The molecule has 0 aromatic carbocycles. The number of nitrogens with zero attached hydrogens (tertiary/aromatic N) is 1. The van der Waals surface area contributed by atoms with E-state index < -0.39 is 5.60 Å². The van der Waals surface area contributed by atoms with Crippen molar-refractivity contribution >= 4 is 12.1 Å². The Morgan fingerprint density at radius 3 is 2.57 bits per heavy atom. The lowest BCUT2D eigenvalue weighted by Crippen LogP contribution is -2.47. The molecule has 0 spiro atoms. The number of piperidine rings is 1. The summed E-state index contributed by atoms with van der Waals surface area (Å²) in [5.41, 5.74) is -0.540. The van der Waals surface area contributed by atoms with Gasteiger partial charge in [-0.3, -0.25) is 0 Å². The molecule has 172 valence electrons. The Balaban J connectivity index is 1.43. The average Bonchev–Trinajstić information content (AvgIpc) is 3.42. The van der Waals surface area contributed by atoms with Gasteiger partial charge in [-0.15, -0.1) is 0 Å². The topological polar surface area (TPSA) is 77.6 Å². The molecule has 0 bridgehead atoms. The van der Waals surface area contributed by atoms with Gasteiger partial charge in [-0.2, -0.15) is 0 Å². The summed E-state index contributed by atoms with van der Waals surface area (Å²) in [7, 11) is 0. The lowest BCUT2D eigenvalue weighted by molar-refractivity contribution is -0.156. The van der Waals surface area contributed by atoms with E-state index in [9.17, 15) is 9.59 Å². The van der Waals surface area contributed by atoms with Gasteiger partial charge in [0, 0.05) is 12.5 Å². The number of carbonyl (C=O) groups excluding carboxylic acids is 2. The summed E-state index contributed by atoms with van der Waals surface area (Å²) < 4.78 is 22.6. The van der Waals surface area contributed by atoms with E-state index in [1.165, 1.54) is 6.42 Å². The molecule has 7 nitrogen and oxygen atoms in total. The molecular formula is C23H39NO6. The van der Waals surface area contributed by atoms with Crippen LogP contribution in [-0.4, -0.2) is 67.2 Å². The van der Waals surface area contributed by atoms with Crippen LogP contribution >= 0.6 is 0 Å². The van der Waals surface area contributed by atoms with Gasteiger partial charge in [-0.05, 0) is 51.4 Å². The fourth-order valence-corrected chi connectivity index (χ4v) is 4.74. The minimum Gasteiger partial charge on any atom is -0.464 e. The predicted molar refractivity (Wildman–Crippen MR) is 112 cm³/mol. The lowest BCUT2D eigenvalue weighted by atomic mass is 9.75. The van der Waals surface area contributed by atoms with Gasteiger partial charge in [0.2, 0.25) is 0 Å². The summed E-state index contributed by atoms with van der Waals surface area (Å²) >= 11 is 0. The highest BCUT2D eigenvalue weighted by Crippen LogP contribution is 2.37. The summed E-state index contributed by atoms with van der Waals surface area (Å²) in [5.74, 6) is 1.30. The van der Waals surface area contributed by atoms with Crippen LogP contribution in [-0.2, 0) is 23.7 Å². The summed E-state index contributed by atoms with van der Waals surface area (Å²) in [4.78, 5) is 26.3. The van der Waals surface area contributed by atoms with Crippen LogP contribution in [0.1, 0.15) is 60.8 Å². The first-order chi connectivity index (χ1) is 14.0. The Morgan fingerprint density at radius 1 is 1.17 bits per heavy atom. The SMILES string of the molecule is CC(C)[C@@H]1CC[C@@H](C)C[C@H]1OCC(=O)OCC1CN(C(=O)OC(C)(C)C)CC2OC12. The van der Waals surface area contributed by atoms with Gasteiger partial charge in [-0.1, -0.05) is 27.2 Å². The molecule has 30 heavy (non-hydrogen) atoms. The van der Waals surface area contributed by atoms with Crippen molar-refractivity contribution in [3.8, 4) is 0 Å². The van der Waals surface area contributed by atoms with Crippen molar-refractivity contribution in [2.45, 2.75) is 84.7 Å². The zero-order valence-electron chi connectivity index (χ0n) is 19.4. The Morgan fingerprint density at radius 2 is 1.90 bits per heavy atom. The molecule has 3 rings (SSSR count). The van der Waals surface area contributed by atoms with E-state index in [1.807, 2.05) is 20.8 Å². The summed E-state index contributed by atoms with van der Waals surface area (Å²) in [6.07, 6.45) is 3.23. The number of hydrogen-bond acceptors (Lipinski definition) is 6. The van der Waals surface area contributed by atoms with Crippen molar-refractivity contribution in [1.82, 2.24) is 4.90 Å². The van der Waals surface area contributed by atoms with Gasteiger partial charge < -0.3 is 23.8 Å². The largest absolute Gasteiger partial charge is 0.464 e. The maximum Gasteiger partial charge on any atom is 0.410 e. The zero-order valence-corrected chi connectivity index (χ0v) is 19.4. The van der Waals surface area contributed by atoms with Crippen LogP contribution in [0.3, 0.4) is 0 Å². The first-order valence-electron chi connectivity index (χ1n) is 11.4. The van der Waals surface area contributed by atoms with Crippen LogP contribution in [0.25, 0.3) is 0 Å². The third-order valence-corrected chi connectivity index (χ3v) is 6.43. The second kappa shape index (κ2) is 9.43. The highest BCUT2D eigenvalue weighted by atomic mass is 16.6. The Hall–Kier alpha value is -1.34. The van der Waals surface area contributed by atoms with E-state index in [-0.39, 0.29) is 49.5 Å². The predicted octanol–water partition coefficient (Wildman–Crippen LogP) is 3.64. The summed E-state index contributed by atoms with van der Waals surface area (Å²) in [5, 5.41) is 0. The van der Waals surface area contributed by atoms with E-state index >= 15 is 0 Å². The van der Waals surface area contributed by atoms with Gasteiger partial charge in [0.05, 0.1) is 25.4 Å². The van der Waals surface area contributed by atoms with Crippen molar-refractivity contribution in [2.24, 2.45) is 23.7 Å². The Kier molecular flexibility index (Phi) is 7.33. The van der Waals surface area contributed by atoms with Crippen molar-refractivity contribution in [2.75, 3.05) is 26.3 Å². The van der Waals surface area contributed by atoms with E-state index in [0.29, 0.717) is 30.8 Å². The molecule has 3 aliphatic rings. The number of esters is 1. The fourth-order valence-electron chi connectivity index (χ4n) is 4.74. The maximum absolute atomic E-state index is 12.4. The number of amides is 1. The number of carbonyl (C=O) groups is 2. The molecule has 1 aliphatic carbocycles. The van der Waals surface area contributed by atoms with E-state index in [2.05, 4.69) is 20.8 Å². The van der Waals surface area contributed by atoms with E-state index in [0.717, 1.165) is 12.8 Å². The smallest absolute Gasteiger partial charge is 0.410 e. The summed E-state index contributed by atoms with van der Waals surface area (Å²) in [6, 6.07) is 0. The Labute approximate surface area is 180 Å². The number of likely N-dealkylation sites (tertiary alicyclic amines) is 1.